The number of alkyl halides is 1. The predicted molar refractivity (Wildman–Crippen MR) is 246 cm³/mol. The summed E-state index contributed by atoms with van der Waals surface area (Å²) in [7, 11) is 1.47. The number of nitrogens with one attached hydrogen (secondary N) is 4. The van der Waals surface area contributed by atoms with Crippen LogP contribution < -0.4 is 30.9 Å². The third-order valence-electron chi connectivity index (χ3n) is 10.6. The Morgan fingerprint density at radius 2 is 1.55 bits per heavy atom. The predicted octanol–water partition coefficient (Wildman–Crippen LogP) is 4.91. The smallest absolute Gasteiger partial charge is 0.264 e. The molecule has 2 aliphatic rings. The van der Waals surface area contributed by atoms with Crippen LogP contribution in [0.1, 0.15) is 57.1 Å². The lowest BCUT2D eigenvalue weighted by Gasteiger charge is -2.31. The number of nitrogens with zero attached hydrogens (tertiary/aromatic N) is 2. The highest BCUT2D eigenvalue weighted by molar-refractivity contribution is 6.33. The van der Waals surface area contributed by atoms with Gasteiger partial charge < -0.3 is 34.9 Å². The second kappa shape index (κ2) is 24.2. The SMILES string of the molecule is COc1ccc(N(C(=O)CCl)C(C(=O)NCCc2ccccc2)c2ccc(NC(=O)CCOCCOCCOCCNc3cccc4c3C(=O)N(C3CCC(=O)NC3=O)C4=O)cc2)cc1Cl. The molecule has 0 saturated carbocycles. The van der Waals surface area contributed by atoms with Crippen molar-refractivity contribution in [3.63, 3.8) is 0 Å². The van der Waals surface area contributed by atoms with Crippen molar-refractivity contribution in [3.8, 4) is 5.75 Å². The van der Waals surface area contributed by atoms with E-state index in [0.29, 0.717) is 47.9 Å². The summed E-state index contributed by atoms with van der Waals surface area (Å²) in [6.07, 6.45) is 0.753. The Hall–Kier alpha value is -6.37. The molecule has 2 atom stereocenters. The molecule has 348 valence electrons. The standard InChI is InChI=1S/C47H50Cl2N6O11/c1-63-38-16-14-33(28-35(38)49)54(41(58)29-48)43(45(60)51-20-18-30-6-3-2-4-7-30)31-10-12-32(13-11-31)52-40(57)19-22-64-24-26-66-27-25-65-23-21-50-36-9-5-8-34-42(36)47(62)55(46(34)61)37-15-17-39(56)53-44(37)59/h2-14,16,28,37,43,50H,15,17-27,29H2,1H3,(H,51,60)(H,52,57)(H,53,56,59). The summed E-state index contributed by atoms with van der Waals surface area (Å²) in [5.74, 6) is -3.56. The molecule has 1 fully saturated rings. The van der Waals surface area contributed by atoms with E-state index in [1.165, 1.54) is 24.1 Å². The normalized spacial score (nSPS) is 14.9. The van der Waals surface area contributed by atoms with Gasteiger partial charge in [0.1, 0.15) is 23.7 Å². The summed E-state index contributed by atoms with van der Waals surface area (Å²) in [4.78, 5) is 92.6. The molecule has 17 nitrogen and oxygen atoms in total. The molecule has 19 heteroatoms. The molecule has 2 unspecified atom stereocenters. The van der Waals surface area contributed by atoms with E-state index in [2.05, 4.69) is 21.3 Å². The molecular weight excluding hydrogens is 895 g/mol. The lowest BCUT2D eigenvalue weighted by molar-refractivity contribution is -0.136. The molecule has 4 aromatic rings. The lowest BCUT2D eigenvalue weighted by Crippen LogP contribution is -2.54. The van der Waals surface area contributed by atoms with Crippen molar-refractivity contribution in [3.05, 3.63) is 118 Å². The van der Waals surface area contributed by atoms with E-state index < -0.39 is 53.4 Å². The summed E-state index contributed by atoms with van der Waals surface area (Å²) in [5.41, 5.74) is 3.11. The Kier molecular flexibility index (Phi) is 18.0. The number of methoxy groups -OCH3 is 1. The average molecular weight is 946 g/mol. The van der Waals surface area contributed by atoms with Gasteiger partial charge in [-0.05, 0) is 66.4 Å². The highest BCUT2D eigenvalue weighted by Gasteiger charge is 2.45. The number of halogens is 2. The van der Waals surface area contributed by atoms with E-state index in [1.807, 2.05) is 30.3 Å². The largest absolute Gasteiger partial charge is 0.495 e. The number of imide groups is 2. The van der Waals surface area contributed by atoms with E-state index in [1.54, 1.807) is 48.5 Å². The van der Waals surface area contributed by atoms with Crippen molar-refractivity contribution < 1.29 is 52.5 Å². The third-order valence-corrected chi connectivity index (χ3v) is 11.1. The van der Waals surface area contributed by atoms with Crippen molar-refractivity contribution in [1.29, 1.82) is 0 Å². The summed E-state index contributed by atoms with van der Waals surface area (Å²) in [6, 6.07) is 23.7. The first-order valence-corrected chi connectivity index (χ1v) is 22.2. The minimum Gasteiger partial charge on any atom is -0.495 e. The number of hydrogen-bond acceptors (Lipinski definition) is 12. The summed E-state index contributed by atoms with van der Waals surface area (Å²) in [5, 5.41) is 11.3. The number of ether oxygens (including phenoxy) is 4. The second-order valence-electron chi connectivity index (χ2n) is 15.0. The summed E-state index contributed by atoms with van der Waals surface area (Å²) in [6.45, 7) is 2.15. The Bertz CT molecular complexity index is 2390. The van der Waals surface area contributed by atoms with Gasteiger partial charge in [0.05, 0.1) is 69.3 Å². The number of rotatable bonds is 24. The lowest BCUT2D eigenvalue weighted by atomic mass is 10.0. The van der Waals surface area contributed by atoms with Crippen molar-refractivity contribution in [1.82, 2.24) is 15.5 Å². The molecule has 1 saturated heterocycles. The molecule has 0 bridgehead atoms. The summed E-state index contributed by atoms with van der Waals surface area (Å²) >= 11 is 12.5. The van der Waals surface area contributed by atoms with Crippen LogP contribution in [0.4, 0.5) is 17.1 Å². The highest BCUT2D eigenvalue weighted by Crippen LogP contribution is 2.35. The van der Waals surface area contributed by atoms with Crippen LogP contribution in [0.25, 0.3) is 0 Å². The molecule has 2 aliphatic heterocycles. The number of piperidine rings is 1. The van der Waals surface area contributed by atoms with Crippen LogP contribution in [0.3, 0.4) is 0 Å². The maximum Gasteiger partial charge on any atom is 0.264 e. The third kappa shape index (κ3) is 12.7. The minimum atomic E-state index is -1.13. The van der Waals surface area contributed by atoms with E-state index >= 15 is 0 Å². The fourth-order valence-electron chi connectivity index (χ4n) is 7.39. The van der Waals surface area contributed by atoms with E-state index in [4.69, 9.17) is 42.1 Å². The molecule has 0 aliphatic carbocycles. The molecule has 4 N–H and O–H groups in total. The van der Waals surface area contributed by atoms with Gasteiger partial charge in [0, 0.05) is 36.6 Å². The maximum atomic E-state index is 13.9. The van der Waals surface area contributed by atoms with Gasteiger partial charge in [-0.2, -0.15) is 0 Å². The van der Waals surface area contributed by atoms with E-state index in [0.717, 1.165) is 10.5 Å². The van der Waals surface area contributed by atoms with Gasteiger partial charge in [-0.25, -0.2) is 0 Å². The van der Waals surface area contributed by atoms with Crippen LogP contribution in [-0.4, -0.2) is 118 Å². The topological polar surface area (TPSA) is 211 Å². The second-order valence-corrected chi connectivity index (χ2v) is 15.7. The molecular formula is C47H50Cl2N6O11. The Balaban J connectivity index is 0.901. The number of carbonyl (C=O) groups excluding carboxylic acids is 7. The molecule has 2 heterocycles. The van der Waals surface area contributed by atoms with E-state index in [9.17, 15) is 33.6 Å². The van der Waals surface area contributed by atoms with Crippen LogP contribution in [0.15, 0.2) is 91.0 Å². The number of anilines is 3. The van der Waals surface area contributed by atoms with Crippen molar-refractivity contribution in [2.24, 2.45) is 0 Å². The zero-order chi connectivity index (χ0) is 47.0. The Morgan fingerprint density at radius 1 is 0.833 bits per heavy atom. The van der Waals surface area contributed by atoms with Gasteiger partial charge in [0.2, 0.25) is 29.5 Å². The Labute approximate surface area is 391 Å². The molecule has 4 aromatic carbocycles. The van der Waals surface area contributed by atoms with Gasteiger partial charge in [0.15, 0.2) is 0 Å². The van der Waals surface area contributed by atoms with Gasteiger partial charge in [-0.15, -0.1) is 11.6 Å². The van der Waals surface area contributed by atoms with E-state index in [-0.39, 0.29) is 81.0 Å². The average Bonchev–Trinajstić information content (AvgIpc) is 3.57. The van der Waals surface area contributed by atoms with Gasteiger partial charge in [-0.1, -0.05) is 60.1 Å². The number of benzene rings is 4. The van der Waals surface area contributed by atoms with Gasteiger partial charge in [-0.3, -0.25) is 48.7 Å². The van der Waals surface area contributed by atoms with Crippen molar-refractivity contribution in [2.75, 3.05) is 81.3 Å². The molecule has 7 amide bonds. The number of hydrogen-bond donors (Lipinski definition) is 4. The fraction of sp³-hybridized carbons (Fsp3) is 0.340. The van der Waals surface area contributed by atoms with Crippen LogP contribution in [0, 0.1) is 0 Å². The van der Waals surface area contributed by atoms with Gasteiger partial charge >= 0.3 is 0 Å². The zero-order valence-corrected chi connectivity index (χ0v) is 37.7. The first-order valence-electron chi connectivity index (χ1n) is 21.3. The quantitative estimate of drug-likeness (QED) is 0.0420. The maximum absolute atomic E-state index is 13.9. The first kappa shape index (κ1) is 49.1. The number of fused-ring (bicyclic) bond motifs is 1. The fourth-order valence-corrected chi connectivity index (χ4v) is 7.78. The molecule has 6 rings (SSSR count). The first-order chi connectivity index (χ1) is 32.0. The highest BCUT2D eigenvalue weighted by atomic mass is 35.5. The monoisotopic (exact) mass is 944 g/mol. The summed E-state index contributed by atoms with van der Waals surface area (Å²) < 4.78 is 22.0. The zero-order valence-electron chi connectivity index (χ0n) is 36.1. The van der Waals surface area contributed by atoms with Crippen LogP contribution in [0.2, 0.25) is 5.02 Å². The van der Waals surface area contributed by atoms with Crippen molar-refractivity contribution >= 4 is 81.6 Å². The van der Waals surface area contributed by atoms with Crippen LogP contribution in [-0.2, 0) is 44.6 Å². The number of carbonyl (C=O) groups is 7. The molecule has 0 aromatic heterocycles. The van der Waals surface area contributed by atoms with Crippen LogP contribution >= 0.6 is 23.2 Å². The molecule has 0 radical (unpaired) electrons. The molecule has 0 spiro atoms. The molecule has 66 heavy (non-hydrogen) atoms. The number of amides is 7. The Morgan fingerprint density at radius 3 is 2.23 bits per heavy atom. The van der Waals surface area contributed by atoms with Crippen molar-refractivity contribution in [2.45, 2.75) is 37.8 Å². The van der Waals surface area contributed by atoms with Gasteiger partial charge in [0.25, 0.3) is 11.8 Å². The van der Waals surface area contributed by atoms with Crippen LogP contribution in [0.5, 0.6) is 5.75 Å². The minimum absolute atomic E-state index is 0.0384.